The van der Waals surface area contributed by atoms with Crippen LogP contribution in [0.3, 0.4) is 0 Å². The number of nitrogens with two attached hydrogens (primary N) is 1. The summed E-state index contributed by atoms with van der Waals surface area (Å²) in [6.07, 6.45) is 0. The minimum Gasteiger partial charge on any atom is -0.559 e. The average Bonchev–Trinajstić information content (AvgIpc) is 1.31. The lowest BCUT2D eigenvalue weighted by Gasteiger charge is -2.23. The zero-order valence-corrected chi connectivity index (χ0v) is 4.07. The second-order valence-electron chi connectivity index (χ2n) is 1.65. The van der Waals surface area contributed by atoms with Gasteiger partial charge in [0.15, 0.2) is 0 Å². The molecule has 5 N–H and O–H groups in total. The minimum atomic E-state index is -3.28. The van der Waals surface area contributed by atoms with E-state index in [9.17, 15) is 0 Å². The highest BCUT2D eigenvalue weighted by Crippen LogP contribution is 1.88. The second kappa shape index (κ2) is 1.79. The molecule has 0 bridgehead atoms. The van der Waals surface area contributed by atoms with Crippen LogP contribution in [0.25, 0.3) is 0 Å². The smallest absolute Gasteiger partial charge is 0.387 e. The van der Waals surface area contributed by atoms with Crippen LogP contribution in [0.1, 0.15) is 6.92 Å². The van der Waals surface area contributed by atoms with Crippen molar-refractivity contribution in [2.24, 2.45) is 5.73 Å². The Labute approximate surface area is 41.6 Å². The lowest BCUT2D eigenvalue weighted by atomic mass is 9.72. The van der Waals surface area contributed by atoms with E-state index in [0.29, 0.717) is 0 Å². The molecular formula is C2H9BNO3-. The fourth-order valence-electron chi connectivity index (χ4n) is 0. The monoisotopic (exact) mass is 106 g/mol. The van der Waals surface area contributed by atoms with Crippen molar-refractivity contribution in [1.29, 1.82) is 0 Å². The van der Waals surface area contributed by atoms with Gasteiger partial charge < -0.3 is 20.8 Å². The van der Waals surface area contributed by atoms with Gasteiger partial charge in [-0.2, -0.15) is 0 Å². The van der Waals surface area contributed by atoms with Crippen molar-refractivity contribution in [3.05, 3.63) is 0 Å². The van der Waals surface area contributed by atoms with E-state index in [2.05, 4.69) is 0 Å². The van der Waals surface area contributed by atoms with Crippen molar-refractivity contribution in [1.82, 2.24) is 0 Å². The summed E-state index contributed by atoms with van der Waals surface area (Å²) in [7, 11) is 0. The van der Waals surface area contributed by atoms with E-state index in [1.54, 1.807) is 0 Å². The molecule has 0 aromatic heterocycles. The normalized spacial score (nSPS) is 16.7. The van der Waals surface area contributed by atoms with Gasteiger partial charge in [0, 0.05) is 0 Å². The highest BCUT2D eigenvalue weighted by atomic mass is 16.5. The SMILES string of the molecule is C[C@H](N)[B-](O)(O)O. The zero-order chi connectivity index (χ0) is 6.08. The van der Waals surface area contributed by atoms with Gasteiger partial charge in [0.05, 0.1) is 0 Å². The molecule has 5 heteroatoms. The summed E-state index contributed by atoms with van der Waals surface area (Å²) in [5.41, 5.74) is 4.85. The average molecular weight is 106 g/mol. The Kier molecular flexibility index (Phi) is 1.77. The largest absolute Gasteiger partial charge is 0.559 e. The Balaban J connectivity index is 3.54. The van der Waals surface area contributed by atoms with Crippen LogP contribution in [-0.2, 0) is 0 Å². The molecule has 0 fully saturated rings. The Morgan fingerprint density at radius 2 is 1.57 bits per heavy atom. The third-order valence-electron chi connectivity index (χ3n) is 0.705. The fourth-order valence-corrected chi connectivity index (χ4v) is 0. The summed E-state index contributed by atoms with van der Waals surface area (Å²) in [5.74, 6) is -0.972. The van der Waals surface area contributed by atoms with Crippen LogP contribution in [0.15, 0.2) is 0 Å². The van der Waals surface area contributed by atoms with Crippen molar-refractivity contribution >= 4 is 6.75 Å². The molecule has 0 unspecified atom stereocenters. The summed E-state index contributed by atoms with van der Waals surface area (Å²) in [6, 6.07) is 0. The molecule has 0 spiro atoms. The van der Waals surface area contributed by atoms with E-state index in [4.69, 9.17) is 20.8 Å². The molecule has 7 heavy (non-hydrogen) atoms. The Morgan fingerprint density at radius 1 is 1.43 bits per heavy atom. The number of hydrogen-bond donors (Lipinski definition) is 4. The first-order valence-electron chi connectivity index (χ1n) is 2.02. The number of rotatable bonds is 1. The van der Waals surface area contributed by atoms with Crippen LogP contribution in [0.2, 0.25) is 0 Å². The third kappa shape index (κ3) is 2.58. The Morgan fingerprint density at radius 3 is 1.57 bits per heavy atom. The van der Waals surface area contributed by atoms with Crippen molar-refractivity contribution in [2.45, 2.75) is 12.9 Å². The van der Waals surface area contributed by atoms with Crippen LogP contribution in [0, 0.1) is 0 Å². The van der Waals surface area contributed by atoms with Crippen LogP contribution in [0.5, 0.6) is 0 Å². The summed E-state index contributed by atoms with van der Waals surface area (Å²) in [5, 5.41) is 24.4. The third-order valence-corrected chi connectivity index (χ3v) is 0.705. The highest BCUT2D eigenvalue weighted by molar-refractivity contribution is 6.57. The molecule has 0 aromatic carbocycles. The van der Waals surface area contributed by atoms with E-state index >= 15 is 0 Å². The van der Waals surface area contributed by atoms with Crippen molar-refractivity contribution in [3.8, 4) is 0 Å². The van der Waals surface area contributed by atoms with E-state index in [-0.39, 0.29) is 0 Å². The van der Waals surface area contributed by atoms with Gasteiger partial charge in [-0.1, -0.05) is 6.92 Å². The van der Waals surface area contributed by atoms with E-state index in [1.807, 2.05) is 0 Å². The molecule has 44 valence electrons. The fraction of sp³-hybridized carbons (Fsp3) is 1.00. The minimum absolute atomic E-state index is 0.972. The maximum atomic E-state index is 8.14. The van der Waals surface area contributed by atoms with Gasteiger partial charge in [-0.05, 0) is 5.94 Å². The Hall–Kier alpha value is -0.0951. The molecule has 0 aliphatic heterocycles. The number of hydrogen-bond acceptors (Lipinski definition) is 4. The molecule has 0 amide bonds. The molecule has 0 aliphatic rings. The quantitative estimate of drug-likeness (QED) is 0.285. The maximum Gasteiger partial charge on any atom is 0.387 e. The molecule has 0 radical (unpaired) electrons. The first-order valence-corrected chi connectivity index (χ1v) is 2.02. The van der Waals surface area contributed by atoms with Gasteiger partial charge in [-0.25, -0.2) is 0 Å². The first kappa shape index (κ1) is 6.90. The van der Waals surface area contributed by atoms with Crippen LogP contribution >= 0.6 is 0 Å². The zero-order valence-electron chi connectivity index (χ0n) is 4.07. The summed E-state index contributed by atoms with van der Waals surface area (Å²) < 4.78 is 0. The van der Waals surface area contributed by atoms with Crippen molar-refractivity contribution in [3.63, 3.8) is 0 Å². The lowest BCUT2D eigenvalue weighted by molar-refractivity contribution is 0.215. The molecule has 0 saturated heterocycles. The van der Waals surface area contributed by atoms with Gasteiger partial charge in [-0.15, -0.1) is 0 Å². The second-order valence-corrected chi connectivity index (χ2v) is 1.65. The van der Waals surface area contributed by atoms with Crippen molar-refractivity contribution in [2.75, 3.05) is 0 Å². The Bertz CT molecular complexity index is 58.4. The topological polar surface area (TPSA) is 86.7 Å². The van der Waals surface area contributed by atoms with Gasteiger partial charge in [-0.3, -0.25) is 0 Å². The molecule has 0 heterocycles. The molecule has 1 atom stereocenters. The van der Waals surface area contributed by atoms with E-state index in [1.165, 1.54) is 6.92 Å². The van der Waals surface area contributed by atoms with E-state index < -0.39 is 12.7 Å². The van der Waals surface area contributed by atoms with E-state index in [0.717, 1.165) is 0 Å². The van der Waals surface area contributed by atoms with Gasteiger partial charge in [0.25, 0.3) is 0 Å². The van der Waals surface area contributed by atoms with Crippen molar-refractivity contribution < 1.29 is 15.1 Å². The van der Waals surface area contributed by atoms with Gasteiger partial charge in [0.2, 0.25) is 0 Å². The predicted molar refractivity (Wildman–Crippen MR) is 26.1 cm³/mol. The standard InChI is InChI=1S/C2H9BNO3/c1-2(4)3(5,6)7/h2,5-7H,4H2,1H3/q-1/t2-/m0/s1. The highest BCUT2D eigenvalue weighted by Gasteiger charge is 2.19. The van der Waals surface area contributed by atoms with Crippen LogP contribution < -0.4 is 5.73 Å². The van der Waals surface area contributed by atoms with Crippen LogP contribution in [-0.4, -0.2) is 27.8 Å². The van der Waals surface area contributed by atoms with Crippen LogP contribution in [0.4, 0.5) is 0 Å². The molecule has 4 nitrogen and oxygen atoms in total. The molecule has 0 aliphatic carbocycles. The maximum absolute atomic E-state index is 8.14. The predicted octanol–water partition coefficient (Wildman–Crippen LogP) is -2.21. The molecule has 0 rings (SSSR count). The first-order chi connectivity index (χ1) is 2.94. The lowest BCUT2D eigenvalue weighted by Crippen LogP contribution is -2.52. The van der Waals surface area contributed by atoms with Gasteiger partial charge in [0.1, 0.15) is 0 Å². The van der Waals surface area contributed by atoms with Gasteiger partial charge >= 0.3 is 6.75 Å². The summed E-state index contributed by atoms with van der Waals surface area (Å²) in [6.45, 7) is -1.97. The molecule has 0 aromatic rings. The summed E-state index contributed by atoms with van der Waals surface area (Å²) in [4.78, 5) is 0. The summed E-state index contributed by atoms with van der Waals surface area (Å²) >= 11 is 0. The molecule has 0 saturated carbocycles. The molecular weight excluding hydrogens is 96.8 g/mol.